The molecule has 4 heterocycles. The third-order valence-electron chi connectivity index (χ3n) is 10.8. The highest BCUT2D eigenvalue weighted by atomic mass is 15.2. The van der Waals surface area contributed by atoms with Gasteiger partial charge in [-0.1, -0.05) is 121 Å². The van der Waals surface area contributed by atoms with Crippen molar-refractivity contribution >= 4 is 92.3 Å². The monoisotopic (exact) mass is 634 g/mol. The van der Waals surface area contributed by atoms with Crippen LogP contribution in [0.5, 0.6) is 0 Å². The third-order valence-corrected chi connectivity index (χ3v) is 10.8. The molecule has 4 aromatic heterocycles. The van der Waals surface area contributed by atoms with Crippen LogP contribution in [0.3, 0.4) is 0 Å². The van der Waals surface area contributed by atoms with E-state index < -0.39 is 0 Å². The lowest BCUT2D eigenvalue weighted by molar-refractivity contribution is 1.02. The topological polar surface area (TPSA) is 35.1 Å². The highest BCUT2D eigenvalue weighted by Gasteiger charge is 2.26. The van der Waals surface area contributed by atoms with Gasteiger partial charge >= 0.3 is 0 Å². The van der Waals surface area contributed by atoms with Crippen LogP contribution in [-0.4, -0.2) is 18.9 Å². The Morgan fingerprint density at radius 1 is 0.380 bits per heavy atom. The van der Waals surface area contributed by atoms with Crippen molar-refractivity contribution in [3.05, 3.63) is 158 Å². The largest absolute Gasteiger partial charge is 0.308 e. The summed E-state index contributed by atoms with van der Waals surface area (Å²) in [5, 5.41) is 13.2. The van der Waals surface area contributed by atoms with Gasteiger partial charge in [0.25, 0.3) is 0 Å². The van der Waals surface area contributed by atoms with Crippen LogP contribution < -0.4 is 0 Å². The van der Waals surface area contributed by atoms with Crippen molar-refractivity contribution < 1.29 is 0 Å². The van der Waals surface area contributed by atoms with Crippen LogP contribution in [0.4, 0.5) is 0 Å². The van der Waals surface area contributed by atoms with Crippen molar-refractivity contribution in [1.29, 1.82) is 0 Å². The maximum Gasteiger partial charge on any atom is 0.235 e. The number of para-hydroxylation sites is 2. The molecule has 50 heavy (non-hydrogen) atoms. The number of hydrogen-bond donors (Lipinski definition) is 0. The van der Waals surface area contributed by atoms with Crippen molar-refractivity contribution in [1.82, 2.24) is 18.9 Å². The Bertz CT molecular complexity index is 3370. The summed E-state index contributed by atoms with van der Waals surface area (Å²) in [4.78, 5) is 11.0. The van der Waals surface area contributed by atoms with Gasteiger partial charge in [-0.15, -0.1) is 0 Å². The maximum atomic E-state index is 5.56. The molecule has 8 aromatic carbocycles. The summed E-state index contributed by atoms with van der Waals surface area (Å²) in [6.07, 6.45) is 0. The van der Waals surface area contributed by atoms with Gasteiger partial charge in [-0.25, -0.2) is 9.97 Å². The Morgan fingerprint density at radius 3 is 1.84 bits per heavy atom. The van der Waals surface area contributed by atoms with Crippen molar-refractivity contribution in [2.75, 3.05) is 0 Å². The first-order valence-corrected chi connectivity index (χ1v) is 17.1. The molecule has 0 spiro atoms. The molecule has 12 aromatic rings. The van der Waals surface area contributed by atoms with Gasteiger partial charge in [0, 0.05) is 43.3 Å². The Morgan fingerprint density at radius 2 is 1.02 bits per heavy atom. The zero-order valence-corrected chi connectivity index (χ0v) is 26.8. The molecule has 0 aliphatic heterocycles. The maximum absolute atomic E-state index is 5.56. The van der Waals surface area contributed by atoms with E-state index in [2.05, 4.69) is 167 Å². The number of nitrogens with zero attached hydrogens (tertiary/aromatic N) is 4. The van der Waals surface area contributed by atoms with Crippen molar-refractivity contribution in [2.24, 2.45) is 0 Å². The van der Waals surface area contributed by atoms with Crippen LogP contribution in [0.2, 0.25) is 0 Å². The molecular weight excluding hydrogens is 609 g/mol. The Balaban J connectivity index is 1.35. The predicted octanol–water partition coefficient (Wildman–Crippen LogP) is 11.9. The van der Waals surface area contributed by atoms with E-state index in [4.69, 9.17) is 9.97 Å². The molecule has 4 nitrogen and oxygen atoms in total. The minimum absolute atomic E-state index is 0.671. The fraction of sp³-hybridized carbons (Fsp3) is 0. The van der Waals surface area contributed by atoms with Crippen molar-refractivity contribution in [2.45, 2.75) is 0 Å². The molecule has 4 heteroatoms. The third kappa shape index (κ3) is 3.30. The number of rotatable bonds is 2. The summed E-state index contributed by atoms with van der Waals surface area (Å²) in [7, 11) is 0. The molecule has 0 bridgehead atoms. The van der Waals surface area contributed by atoms with Gasteiger partial charge in [-0.3, -0.25) is 4.57 Å². The molecule has 0 N–H and O–H groups in total. The minimum Gasteiger partial charge on any atom is -0.308 e. The minimum atomic E-state index is 0.671. The van der Waals surface area contributed by atoms with Gasteiger partial charge in [0.1, 0.15) is 0 Å². The lowest BCUT2D eigenvalue weighted by atomic mass is 10.0. The number of fused-ring (bicyclic) bond motifs is 14. The Hall–Kier alpha value is -6.78. The molecule has 0 saturated carbocycles. The van der Waals surface area contributed by atoms with Gasteiger partial charge < -0.3 is 4.40 Å². The number of benzene rings is 8. The molecule has 0 aliphatic carbocycles. The van der Waals surface area contributed by atoms with Gasteiger partial charge in [-0.2, -0.15) is 0 Å². The summed E-state index contributed by atoms with van der Waals surface area (Å²) in [5.41, 5.74) is 8.84. The van der Waals surface area contributed by atoms with Crippen LogP contribution in [0.1, 0.15) is 0 Å². The second kappa shape index (κ2) is 9.43. The molecule has 0 aliphatic rings. The summed E-state index contributed by atoms with van der Waals surface area (Å²) in [6.45, 7) is 0. The zero-order chi connectivity index (χ0) is 32.5. The Kier molecular flexibility index (Phi) is 4.94. The van der Waals surface area contributed by atoms with Crippen LogP contribution in [0.25, 0.3) is 110 Å². The fourth-order valence-corrected chi connectivity index (χ4v) is 8.69. The van der Waals surface area contributed by atoms with E-state index in [1.165, 1.54) is 65.0 Å². The lowest BCUT2D eigenvalue weighted by Gasteiger charge is -2.14. The molecular formula is C46H26N4. The van der Waals surface area contributed by atoms with Gasteiger partial charge in [-0.05, 0) is 57.9 Å². The second-order valence-electron chi connectivity index (χ2n) is 13.4. The summed E-state index contributed by atoms with van der Waals surface area (Å²) in [6, 6.07) is 56.8. The first-order chi connectivity index (χ1) is 24.8. The predicted molar refractivity (Wildman–Crippen MR) is 209 cm³/mol. The van der Waals surface area contributed by atoms with E-state index in [0.717, 1.165) is 38.6 Å². The molecule has 0 fully saturated rings. The van der Waals surface area contributed by atoms with Crippen LogP contribution in [0.15, 0.2) is 158 Å². The molecule has 0 saturated heterocycles. The van der Waals surface area contributed by atoms with Gasteiger partial charge in [0.05, 0.1) is 38.8 Å². The average molecular weight is 635 g/mol. The van der Waals surface area contributed by atoms with E-state index >= 15 is 0 Å². The van der Waals surface area contributed by atoms with Crippen molar-refractivity contribution in [3.8, 4) is 17.2 Å². The summed E-state index contributed by atoms with van der Waals surface area (Å²) in [5.74, 6) is 0.671. The van der Waals surface area contributed by atoms with Crippen LogP contribution >= 0.6 is 0 Å². The normalized spacial score (nSPS) is 12.4. The standard InChI is InChI=1S/C46H26N4/c1-2-13-28(14-3-1)43-41-31-17-7-6-12-27(31)22-23-37(41)47-46(48-43)50-40-25-30-16-5-4-15-29(30)24-34(40)36-26-35-32-18-8-10-20-38(32)49-39-21-11-9-19-33(39)42(44(35)49)45(36)50/h1-26H. The van der Waals surface area contributed by atoms with E-state index in [0.29, 0.717) is 5.95 Å². The van der Waals surface area contributed by atoms with E-state index in [-0.39, 0.29) is 0 Å². The molecule has 230 valence electrons. The van der Waals surface area contributed by atoms with Gasteiger partial charge in [0.2, 0.25) is 5.95 Å². The number of hydrogen-bond acceptors (Lipinski definition) is 2. The summed E-state index contributed by atoms with van der Waals surface area (Å²) < 4.78 is 4.80. The lowest BCUT2D eigenvalue weighted by Crippen LogP contribution is -2.04. The van der Waals surface area contributed by atoms with Crippen LogP contribution in [0, 0.1) is 0 Å². The molecule has 0 unspecified atom stereocenters. The van der Waals surface area contributed by atoms with E-state index in [9.17, 15) is 0 Å². The molecule has 0 radical (unpaired) electrons. The fourth-order valence-electron chi connectivity index (χ4n) is 8.69. The first kappa shape index (κ1) is 26.2. The highest BCUT2D eigenvalue weighted by molar-refractivity contribution is 6.34. The molecule has 12 rings (SSSR count). The zero-order valence-electron chi connectivity index (χ0n) is 26.8. The summed E-state index contributed by atoms with van der Waals surface area (Å²) >= 11 is 0. The Labute approximate surface area is 285 Å². The quantitative estimate of drug-likeness (QED) is 0.177. The molecule has 0 atom stereocenters. The second-order valence-corrected chi connectivity index (χ2v) is 13.4. The smallest absolute Gasteiger partial charge is 0.235 e. The first-order valence-electron chi connectivity index (χ1n) is 17.1. The average Bonchev–Trinajstić information content (AvgIpc) is 3.81. The van der Waals surface area contributed by atoms with Gasteiger partial charge in [0.15, 0.2) is 0 Å². The van der Waals surface area contributed by atoms with E-state index in [1.54, 1.807) is 0 Å². The molecule has 0 amide bonds. The van der Waals surface area contributed by atoms with Crippen LogP contribution in [-0.2, 0) is 0 Å². The van der Waals surface area contributed by atoms with E-state index in [1.807, 2.05) is 0 Å². The highest BCUT2D eigenvalue weighted by Crippen LogP contribution is 2.47. The number of aromatic nitrogens is 4. The SMILES string of the molecule is c1ccc(-c2nc(-n3c4cc5ccccc5cc4c4cc5c6ccccc6n6c7ccccc7c(c43)c56)nc3ccc4ccccc4c23)cc1. The van der Waals surface area contributed by atoms with Crippen molar-refractivity contribution in [3.63, 3.8) is 0 Å².